The van der Waals surface area contributed by atoms with E-state index in [9.17, 15) is 4.79 Å². The van der Waals surface area contributed by atoms with Gasteiger partial charge in [0.25, 0.3) is 0 Å². The number of benzene rings is 1. The molecule has 0 atom stereocenters. The third-order valence-electron chi connectivity index (χ3n) is 4.68. The Bertz CT molecular complexity index is 879. The van der Waals surface area contributed by atoms with Gasteiger partial charge in [0.1, 0.15) is 5.00 Å². The van der Waals surface area contributed by atoms with Crippen LogP contribution in [-0.2, 0) is 17.6 Å². The second-order valence-electron chi connectivity index (χ2n) is 6.41. The molecule has 2 aromatic rings. The number of esters is 1. The number of hydrogen-bond donors (Lipinski definition) is 2. The Morgan fingerprint density at radius 2 is 1.79 bits per heavy atom. The van der Waals surface area contributed by atoms with E-state index in [2.05, 4.69) is 10.6 Å². The van der Waals surface area contributed by atoms with Crippen LogP contribution >= 0.6 is 23.6 Å². The van der Waals surface area contributed by atoms with Gasteiger partial charge >= 0.3 is 5.97 Å². The molecule has 1 aliphatic rings. The molecule has 28 heavy (non-hydrogen) atoms. The lowest BCUT2D eigenvalue weighted by molar-refractivity contribution is 0.0601. The Hall–Kier alpha value is -2.32. The molecular formula is C20H24N2O4S2. The molecule has 6 nitrogen and oxygen atoms in total. The summed E-state index contributed by atoms with van der Waals surface area (Å²) in [5.74, 6) is 0.922. The largest absolute Gasteiger partial charge is 0.493 e. The average molecular weight is 421 g/mol. The molecule has 1 aliphatic carbocycles. The normalized spacial score (nSPS) is 13.1. The fourth-order valence-corrected chi connectivity index (χ4v) is 4.89. The Balaban J connectivity index is 1.81. The number of rotatable bonds is 5. The van der Waals surface area contributed by atoms with Crippen molar-refractivity contribution in [2.24, 2.45) is 0 Å². The molecule has 1 aromatic heterocycles. The van der Waals surface area contributed by atoms with Crippen LogP contribution in [0.5, 0.6) is 11.5 Å². The van der Waals surface area contributed by atoms with Crippen molar-refractivity contribution >= 4 is 45.3 Å². The van der Waals surface area contributed by atoms with E-state index >= 15 is 0 Å². The molecule has 0 saturated carbocycles. The molecule has 0 amide bonds. The molecule has 0 radical (unpaired) electrons. The molecule has 150 valence electrons. The van der Waals surface area contributed by atoms with Gasteiger partial charge in [-0.1, -0.05) is 6.42 Å². The van der Waals surface area contributed by atoms with Gasteiger partial charge in [0.2, 0.25) is 0 Å². The number of carbonyl (C=O) groups excluding carboxylic acids is 1. The van der Waals surface area contributed by atoms with Crippen LogP contribution in [0.3, 0.4) is 0 Å². The molecule has 1 aromatic carbocycles. The third kappa shape index (κ3) is 4.39. The van der Waals surface area contributed by atoms with Crippen LogP contribution in [0.1, 0.15) is 40.1 Å². The van der Waals surface area contributed by atoms with E-state index in [1.165, 1.54) is 18.4 Å². The molecule has 0 saturated heterocycles. The number of anilines is 2. The molecule has 0 aliphatic heterocycles. The highest BCUT2D eigenvalue weighted by Crippen LogP contribution is 2.38. The maximum atomic E-state index is 12.4. The van der Waals surface area contributed by atoms with Gasteiger partial charge in [-0.25, -0.2) is 4.79 Å². The van der Waals surface area contributed by atoms with Crippen molar-refractivity contribution in [2.75, 3.05) is 32.0 Å². The lowest BCUT2D eigenvalue weighted by Gasteiger charge is -2.13. The van der Waals surface area contributed by atoms with E-state index < -0.39 is 0 Å². The van der Waals surface area contributed by atoms with Gasteiger partial charge in [-0.15, -0.1) is 11.3 Å². The first-order valence-corrected chi connectivity index (χ1v) is 10.3. The van der Waals surface area contributed by atoms with Crippen molar-refractivity contribution in [1.29, 1.82) is 0 Å². The number of methoxy groups -OCH3 is 3. The summed E-state index contributed by atoms with van der Waals surface area (Å²) in [6.07, 6.45) is 5.29. The summed E-state index contributed by atoms with van der Waals surface area (Å²) in [6, 6.07) is 5.45. The van der Waals surface area contributed by atoms with E-state index in [0.29, 0.717) is 22.2 Å². The van der Waals surface area contributed by atoms with E-state index in [0.717, 1.165) is 41.9 Å². The maximum Gasteiger partial charge on any atom is 0.341 e. The lowest BCUT2D eigenvalue weighted by atomic mass is 10.1. The Morgan fingerprint density at radius 3 is 2.50 bits per heavy atom. The zero-order chi connectivity index (χ0) is 20.1. The summed E-state index contributed by atoms with van der Waals surface area (Å²) >= 11 is 7.06. The molecule has 2 N–H and O–H groups in total. The van der Waals surface area contributed by atoms with Crippen LogP contribution in [0.2, 0.25) is 0 Å². The van der Waals surface area contributed by atoms with Crippen molar-refractivity contribution in [3.8, 4) is 11.5 Å². The quantitative estimate of drug-likeness (QED) is 0.415. The standard InChI is InChI=1S/C20H24N2O4S2/c1-24-14-10-9-12(11-15(14)25-2)21-20(27)22-18-17(19(23)26-3)13-7-5-4-6-8-16(13)28-18/h9-11H,4-8H2,1-3H3,(H2,21,22,27). The number of nitrogens with one attached hydrogen (secondary N) is 2. The Labute approximate surface area is 174 Å². The van der Waals surface area contributed by atoms with Gasteiger partial charge in [0, 0.05) is 16.6 Å². The molecule has 1 heterocycles. The third-order valence-corrected chi connectivity index (χ3v) is 6.09. The van der Waals surface area contributed by atoms with Crippen LogP contribution in [0.4, 0.5) is 10.7 Å². The van der Waals surface area contributed by atoms with Gasteiger partial charge in [-0.2, -0.15) is 0 Å². The highest BCUT2D eigenvalue weighted by atomic mass is 32.1. The number of fused-ring (bicyclic) bond motifs is 1. The predicted molar refractivity (Wildman–Crippen MR) is 116 cm³/mol. The number of thiocarbonyl (C=S) groups is 1. The first-order chi connectivity index (χ1) is 13.6. The molecule has 0 bridgehead atoms. The van der Waals surface area contributed by atoms with Gasteiger partial charge in [-0.3, -0.25) is 0 Å². The van der Waals surface area contributed by atoms with Gasteiger partial charge in [0.15, 0.2) is 16.6 Å². The fraction of sp³-hybridized carbons (Fsp3) is 0.400. The second-order valence-corrected chi connectivity index (χ2v) is 7.92. The highest BCUT2D eigenvalue weighted by Gasteiger charge is 2.25. The first kappa shape index (κ1) is 20.4. The summed E-state index contributed by atoms with van der Waals surface area (Å²) in [4.78, 5) is 13.7. The molecule has 0 spiro atoms. The summed E-state index contributed by atoms with van der Waals surface area (Å²) in [5, 5.41) is 7.45. The zero-order valence-electron chi connectivity index (χ0n) is 16.2. The number of hydrogen-bond acceptors (Lipinski definition) is 6. The predicted octanol–water partition coefficient (Wildman–Crippen LogP) is 4.63. The number of ether oxygens (including phenoxy) is 3. The van der Waals surface area contributed by atoms with Crippen molar-refractivity contribution in [2.45, 2.75) is 32.1 Å². The molecule has 0 fully saturated rings. The van der Waals surface area contributed by atoms with E-state index in [1.807, 2.05) is 6.07 Å². The summed E-state index contributed by atoms with van der Waals surface area (Å²) in [6.45, 7) is 0. The highest BCUT2D eigenvalue weighted by molar-refractivity contribution is 7.80. The van der Waals surface area contributed by atoms with Crippen molar-refractivity contribution in [3.63, 3.8) is 0 Å². The lowest BCUT2D eigenvalue weighted by Crippen LogP contribution is -2.20. The Morgan fingerprint density at radius 1 is 1.04 bits per heavy atom. The van der Waals surface area contributed by atoms with E-state index in [4.69, 9.17) is 26.4 Å². The fourth-order valence-electron chi connectivity index (χ4n) is 3.33. The minimum Gasteiger partial charge on any atom is -0.493 e. The minimum atomic E-state index is -0.323. The molecule has 8 heteroatoms. The van der Waals surface area contributed by atoms with Gasteiger partial charge < -0.3 is 24.8 Å². The first-order valence-electron chi connectivity index (χ1n) is 9.10. The summed E-state index contributed by atoms with van der Waals surface area (Å²) < 4.78 is 15.6. The van der Waals surface area contributed by atoms with Crippen LogP contribution < -0.4 is 20.1 Å². The second kappa shape index (κ2) is 9.25. The smallest absolute Gasteiger partial charge is 0.341 e. The number of carbonyl (C=O) groups is 1. The van der Waals surface area contributed by atoms with Gasteiger partial charge in [-0.05, 0) is 55.6 Å². The topological polar surface area (TPSA) is 68.8 Å². The van der Waals surface area contributed by atoms with Crippen LogP contribution in [-0.4, -0.2) is 32.4 Å². The zero-order valence-corrected chi connectivity index (χ0v) is 17.9. The van der Waals surface area contributed by atoms with Gasteiger partial charge in [0.05, 0.1) is 26.9 Å². The van der Waals surface area contributed by atoms with Crippen molar-refractivity contribution < 1.29 is 19.0 Å². The summed E-state index contributed by atoms with van der Waals surface area (Å²) in [7, 11) is 4.58. The average Bonchev–Trinajstić information content (AvgIpc) is 2.87. The minimum absolute atomic E-state index is 0.323. The molecule has 0 unspecified atom stereocenters. The Kier molecular flexibility index (Phi) is 6.74. The van der Waals surface area contributed by atoms with E-state index in [-0.39, 0.29) is 5.97 Å². The molecule has 3 rings (SSSR count). The number of aryl methyl sites for hydroxylation is 1. The van der Waals surface area contributed by atoms with E-state index in [1.54, 1.807) is 37.7 Å². The summed E-state index contributed by atoms with van der Waals surface area (Å²) in [5.41, 5.74) is 2.47. The monoisotopic (exact) mass is 420 g/mol. The van der Waals surface area contributed by atoms with Crippen LogP contribution in [0.15, 0.2) is 18.2 Å². The SMILES string of the molecule is COC(=O)c1c(NC(=S)Nc2ccc(OC)c(OC)c2)sc2c1CCCCC2. The van der Waals surface area contributed by atoms with Crippen LogP contribution in [0, 0.1) is 0 Å². The maximum absolute atomic E-state index is 12.4. The van der Waals surface area contributed by atoms with Crippen molar-refractivity contribution in [3.05, 3.63) is 34.2 Å². The van der Waals surface area contributed by atoms with Crippen molar-refractivity contribution in [1.82, 2.24) is 0 Å². The number of thiophene rings is 1. The van der Waals surface area contributed by atoms with Crippen LogP contribution in [0.25, 0.3) is 0 Å². The molecular weight excluding hydrogens is 396 g/mol.